The van der Waals surface area contributed by atoms with Gasteiger partial charge in [0.1, 0.15) is 0 Å². The van der Waals surface area contributed by atoms with Gasteiger partial charge in [-0.3, -0.25) is 0 Å². The summed E-state index contributed by atoms with van der Waals surface area (Å²) in [4.78, 5) is 4.70. The Morgan fingerprint density at radius 3 is 2.70 bits per heavy atom. The zero-order valence-electron chi connectivity index (χ0n) is 11.5. The van der Waals surface area contributed by atoms with Gasteiger partial charge in [0.25, 0.3) is 0 Å². The molecule has 2 aromatic rings. The molecule has 1 saturated carbocycles. The van der Waals surface area contributed by atoms with E-state index in [1.807, 2.05) is 6.07 Å². The zero-order chi connectivity index (χ0) is 13.4. The first kappa shape index (κ1) is 12.1. The van der Waals surface area contributed by atoms with Gasteiger partial charge < -0.3 is 9.84 Å². The summed E-state index contributed by atoms with van der Waals surface area (Å²) >= 11 is 0. The molecule has 0 bridgehead atoms. The van der Waals surface area contributed by atoms with Crippen molar-refractivity contribution in [2.75, 3.05) is 6.54 Å². The van der Waals surface area contributed by atoms with Gasteiger partial charge >= 0.3 is 0 Å². The first-order valence-electron chi connectivity index (χ1n) is 7.51. The number of aromatic nitrogens is 2. The van der Waals surface area contributed by atoms with Crippen LogP contribution in [0.25, 0.3) is 0 Å². The second kappa shape index (κ2) is 4.70. The van der Waals surface area contributed by atoms with Crippen LogP contribution in [0.15, 0.2) is 34.9 Å². The van der Waals surface area contributed by atoms with E-state index in [0.717, 1.165) is 37.5 Å². The number of nitrogens with zero attached hydrogens (tertiary/aromatic N) is 2. The van der Waals surface area contributed by atoms with Crippen LogP contribution < -0.4 is 5.32 Å². The highest BCUT2D eigenvalue weighted by Gasteiger charge is 2.50. The molecule has 2 fully saturated rings. The number of benzene rings is 1. The number of hydrogen-bond donors (Lipinski definition) is 1. The van der Waals surface area contributed by atoms with E-state index in [0.29, 0.717) is 0 Å². The average molecular weight is 269 g/mol. The molecule has 1 atom stereocenters. The van der Waals surface area contributed by atoms with Gasteiger partial charge in [-0.15, -0.1) is 0 Å². The number of hydrogen-bond acceptors (Lipinski definition) is 4. The van der Waals surface area contributed by atoms with Crippen molar-refractivity contribution in [3.8, 4) is 0 Å². The summed E-state index contributed by atoms with van der Waals surface area (Å²) in [6.07, 6.45) is 5.81. The molecule has 2 aliphatic rings. The molecule has 0 spiro atoms. The fraction of sp³-hybridized carbons (Fsp3) is 0.500. The van der Waals surface area contributed by atoms with Crippen LogP contribution >= 0.6 is 0 Å². The highest BCUT2D eigenvalue weighted by molar-refractivity contribution is 5.38. The van der Waals surface area contributed by atoms with Crippen LogP contribution in [0.5, 0.6) is 0 Å². The number of piperidine rings is 1. The molecule has 4 heteroatoms. The van der Waals surface area contributed by atoms with Crippen molar-refractivity contribution in [2.24, 2.45) is 0 Å². The van der Waals surface area contributed by atoms with E-state index in [9.17, 15) is 0 Å². The molecule has 1 N–H and O–H groups in total. The Balaban J connectivity index is 1.62. The Morgan fingerprint density at radius 2 is 2.00 bits per heavy atom. The first-order valence-corrected chi connectivity index (χ1v) is 7.51. The monoisotopic (exact) mass is 269 g/mol. The summed E-state index contributed by atoms with van der Waals surface area (Å²) in [6.45, 7) is 1.05. The maximum atomic E-state index is 5.53. The topological polar surface area (TPSA) is 51.0 Å². The summed E-state index contributed by atoms with van der Waals surface area (Å²) in [6, 6.07) is 10.8. The van der Waals surface area contributed by atoms with E-state index >= 15 is 0 Å². The maximum absolute atomic E-state index is 5.53. The van der Waals surface area contributed by atoms with E-state index < -0.39 is 0 Å². The minimum absolute atomic E-state index is 0.0116. The van der Waals surface area contributed by atoms with Crippen molar-refractivity contribution >= 4 is 0 Å². The third kappa shape index (κ3) is 1.95. The van der Waals surface area contributed by atoms with Crippen molar-refractivity contribution in [3.05, 3.63) is 47.6 Å². The lowest BCUT2D eigenvalue weighted by Crippen LogP contribution is -2.27. The number of rotatable bonds is 3. The molecular weight excluding hydrogens is 250 g/mol. The van der Waals surface area contributed by atoms with Crippen LogP contribution in [-0.2, 0) is 5.41 Å². The lowest BCUT2D eigenvalue weighted by molar-refractivity contribution is 0.295. The summed E-state index contributed by atoms with van der Waals surface area (Å²) in [7, 11) is 0. The Hall–Kier alpha value is -1.68. The van der Waals surface area contributed by atoms with E-state index in [4.69, 9.17) is 9.51 Å². The van der Waals surface area contributed by atoms with Crippen LogP contribution in [0.2, 0.25) is 0 Å². The normalized spacial score (nSPS) is 24.5. The third-order valence-corrected chi connectivity index (χ3v) is 4.55. The highest BCUT2D eigenvalue weighted by atomic mass is 16.5. The molecule has 2 heterocycles. The predicted octanol–water partition coefficient (Wildman–Crippen LogP) is 2.96. The standard InChI is InChI=1S/C16H19N3O/c1-2-6-12(7-3-1)16(9-10-16)15-18-14(20-19-15)13-8-4-5-11-17-13/h1-3,6-7,13,17H,4-5,8-11H2. The molecule has 1 aromatic carbocycles. The Bertz CT molecular complexity index is 583. The summed E-state index contributed by atoms with van der Waals surface area (Å²) in [5.41, 5.74) is 1.32. The molecule has 1 aliphatic carbocycles. The van der Waals surface area contributed by atoms with Gasteiger partial charge in [0.15, 0.2) is 5.82 Å². The van der Waals surface area contributed by atoms with Crippen molar-refractivity contribution in [1.82, 2.24) is 15.5 Å². The van der Waals surface area contributed by atoms with Crippen LogP contribution in [0, 0.1) is 0 Å². The molecule has 4 rings (SSSR count). The van der Waals surface area contributed by atoms with Gasteiger partial charge in [-0.05, 0) is 37.8 Å². The zero-order valence-corrected chi connectivity index (χ0v) is 11.5. The Labute approximate surface area is 118 Å². The molecule has 4 nitrogen and oxygen atoms in total. The highest BCUT2D eigenvalue weighted by Crippen LogP contribution is 2.52. The predicted molar refractivity (Wildman–Crippen MR) is 75.3 cm³/mol. The molecular formula is C16H19N3O. The van der Waals surface area contributed by atoms with Crippen molar-refractivity contribution in [1.29, 1.82) is 0 Å². The van der Waals surface area contributed by atoms with Crippen molar-refractivity contribution in [3.63, 3.8) is 0 Å². The first-order chi connectivity index (χ1) is 9.88. The lowest BCUT2D eigenvalue weighted by atomic mass is 9.95. The Morgan fingerprint density at radius 1 is 1.15 bits per heavy atom. The minimum atomic E-state index is 0.0116. The van der Waals surface area contributed by atoms with Crippen LogP contribution in [-0.4, -0.2) is 16.7 Å². The Kier molecular flexibility index (Phi) is 2.84. The van der Waals surface area contributed by atoms with Gasteiger partial charge in [-0.2, -0.15) is 4.98 Å². The fourth-order valence-corrected chi connectivity index (χ4v) is 3.16. The molecule has 0 radical (unpaired) electrons. The summed E-state index contributed by atoms with van der Waals surface area (Å²) in [5.74, 6) is 1.63. The lowest BCUT2D eigenvalue weighted by Gasteiger charge is -2.19. The van der Waals surface area contributed by atoms with Gasteiger partial charge in [0.05, 0.1) is 11.5 Å². The molecule has 1 aromatic heterocycles. The van der Waals surface area contributed by atoms with E-state index in [2.05, 4.69) is 34.7 Å². The quantitative estimate of drug-likeness (QED) is 0.930. The molecule has 0 amide bonds. The molecule has 20 heavy (non-hydrogen) atoms. The number of nitrogens with one attached hydrogen (secondary N) is 1. The smallest absolute Gasteiger partial charge is 0.243 e. The van der Waals surface area contributed by atoms with Crippen LogP contribution in [0.3, 0.4) is 0 Å². The third-order valence-electron chi connectivity index (χ3n) is 4.55. The molecule has 104 valence electrons. The SMILES string of the molecule is c1ccc(C2(c3noc(C4CCCCN4)n3)CC2)cc1. The second-order valence-electron chi connectivity index (χ2n) is 5.91. The van der Waals surface area contributed by atoms with Gasteiger partial charge in [0.2, 0.25) is 5.89 Å². The fourth-order valence-electron chi connectivity index (χ4n) is 3.16. The van der Waals surface area contributed by atoms with Crippen LogP contribution in [0.1, 0.15) is 55.4 Å². The van der Waals surface area contributed by atoms with E-state index in [1.54, 1.807) is 0 Å². The second-order valence-corrected chi connectivity index (χ2v) is 5.91. The molecule has 1 saturated heterocycles. The van der Waals surface area contributed by atoms with Gasteiger partial charge in [-0.25, -0.2) is 0 Å². The molecule has 1 unspecified atom stereocenters. The van der Waals surface area contributed by atoms with E-state index in [-0.39, 0.29) is 11.5 Å². The molecule has 1 aliphatic heterocycles. The largest absolute Gasteiger partial charge is 0.338 e. The average Bonchev–Trinajstić information content (AvgIpc) is 3.19. The maximum Gasteiger partial charge on any atom is 0.243 e. The van der Waals surface area contributed by atoms with Crippen LogP contribution in [0.4, 0.5) is 0 Å². The summed E-state index contributed by atoms with van der Waals surface area (Å²) in [5, 5.41) is 7.74. The van der Waals surface area contributed by atoms with Gasteiger partial charge in [-0.1, -0.05) is 41.9 Å². The van der Waals surface area contributed by atoms with Crippen molar-refractivity contribution < 1.29 is 4.52 Å². The van der Waals surface area contributed by atoms with Gasteiger partial charge in [0, 0.05) is 0 Å². The van der Waals surface area contributed by atoms with Crippen molar-refractivity contribution in [2.45, 2.75) is 43.6 Å². The summed E-state index contributed by atoms with van der Waals surface area (Å²) < 4.78 is 5.53. The minimum Gasteiger partial charge on any atom is -0.338 e. The van der Waals surface area contributed by atoms with E-state index in [1.165, 1.54) is 18.4 Å².